The molecule has 2 aliphatic heterocycles. The van der Waals surface area contributed by atoms with Gasteiger partial charge in [-0.05, 0) is 56.0 Å². The van der Waals surface area contributed by atoms with E-state index in [0.717, 1.165) is 17.7 Å². The Bertz CT molecular complexity index is 1020. The maximum absolute atomic E-state index is 12.7. The Morgan fingerprint density at radius 2 is 1.84 bits per heavy atom. The number of hydrogen-bond donors (Lipinski definition) is 0. The number of fused-ring (bicyclic) bond motifs is 1. The van der Waals surface area contributed by atoms with Crippen LogP contribution < -0.4 is 0 Å². The van der Waals surface area contributed by atoms with Crippen molar-refractivity contribution in [1.29, 1.82) is 0 Å². The second kappa shape index (κ2) is 8.37. The van der Waals surface area contributed by atoms with Crippen LogP contribution in [0.1, 0.15) is 63.5 Å². The van der Waals surface area contributed by atoms with E-state index >= 15 is 0 Å². The van der Waals surface area contributed by atoms with Crippen molar-refractivity contribution in [3.63, 3.8) is 0 Å². The highest BCUT2D eigenvalue weighted by molar-refractivity contribution is 6.21. The summed E-state index contributed by atoms with van der Waals surface area (Å²) in [5, 5.41) is 0. The summed E-state index contributed by atoms with van der Waals surface area (Å²) in [6, 6.07) is 7.57. The fourth-order valence-electron chi connectivity index (χ4n) is 3.88. The number of esters is 1. The molecule has 8 nitrogen and oxygen atoms in total. The standard InChI is InChI=1S/C23H24N2O6/c1-14-7-9-24(10-8-14)20(26)15(2)31-23(29)16-5-6-18-19(12-16)22(28)25(21(18)27)13-17-4-3-11-30-17/h3-6,11-12,14-15H,7-10,13H2,1-2H3/t15-/m0/s1. The normalized spacial score (nSPS) is 17.6. The number of piperidine rings is 1. The fraction of sp³-hybridized carbons (Fsp3) is 0.391. The molecular formula is C23H24N2O6. The van der Waals surface area contributed by atoms with Crippen LogP contribution in [-0.2, 0) is 16.1 Å². The van der Waals surface area contributed by atoms with Crippen LogP contribution in [0, 0.1) is 5.92 Å². The van der Waals surface area contributed by atoms with Gasteiger partial charge in [0.1, 0.15) is 5.76 Å². The van der Waals surface area contributed by atoms with Crippen LogP contribution in [0.25, 0.3) is 0 Å². The highest BCUT2D eigenvalue weighted by Gasteiger charge is 2.37. The van der Waals surface area contributed by atoms with Crippen molar-refractivity contribution in [2.45, 2.75) is 39.3 Å². The van der Waals surface area contributed by atoms with Gasteiger partial charge in [0.2, 0.25) is 0 Å². The third-order valence-electron chi connectivity index (χ3n) is 5.83. The zero-order valence-electron chi connectivity index (χ0n) is 17.5. The molecule has 162 valence electrons. The number of carbonyl (C=O) groups excluding carboxylic acids is 4. The summed E-state index contributed by atoms with van der Waals surface area (Å²) in [4.78, 5) is 53.3. The van der Waals surface area contributed by atoms with Crippen LogP contribution in [0.3, 0.4) is 0 Å². The molecule has 0 spiro atoms. The Balaban J connectivity index is 1.44. The van der Waals surface area contributed by atoms with Crippen LogP contribution >= 0.6 is 0 Å². The molecule has 0 N–H and O–H groups in total. The second-order valence-electron chi connectivity index (χ2n) is 8.09. The van der Waals surface area contributed by atoms with E-state index in [9.17, 15) is 19.2 Å². The highest BCUT2D eigenvalue weighted by atomic mass is 16.5. The van der Waals surface area contributed by atoms with Gasteiger partial charge < -0.3 is 14.1 Å². The summed E-state index contributed by atoms with van der Waals surface area (Å²) in [6.45, 7) is 5.02. The summed E-state index contributed by atoms with van der Waals surface area (Å²) in [6.07, 6.45) is 2.40. The van der Waals surface area contributed by atoms with Gasteiger partial charge in [0.15, 0.2) is 6.10 Å². The molecular weight excluding hydrogens is 400 g/mol. The quantitative estimate of drug-likeness (QED) is 0.541. The molecule has 1 saturated heterocycles. The van der Waals surface area contributed by atoms with Gasteiger partial charge in [-0.15, -0.1) is 0 Å². The van der Waals surface area contributed by atoms with E-state index in [-0.39, 0.29) is 29.1 Å². The SMILES string of the molecule is CC1CCN(C(=O)[C@H](C)OC(=O)c2ccc3c(c2)C(=O)N(Cc2ccco2)C3=O)CC1. The second-order valence-corrected chi connectivity index (χ2v) is 8.09. The maximum Gasteiger partial charge on any atom is 0.338 e. The Labute approximate surface area is 179 Å². The van der Waals surface area contributed by atoms with Crippen molar-refractivity contribution in [3.8, 4) is 0 Å². The molecule has 0 bridgehead atoms. The van der Waals surface area contributed by atoms with Gasteiger partial charge in [-0.2, -0.15) is 0 Å². The van der Waals surface area contributed by atoms with Crippen LogP contribution in [-0.4, -0.2) is 52.7 Å². The van der Waals surface area contributed by atoms with Gasteiger partial charge in [-0.1, -0.05) is 6.92 Å². The summed E-state index contributed by atoms with van der Waals surface area (Å²) in [7, 11) is 0. The molecule has 0 saturated carbocycles. The predicted molar refractivity (Wildman–Crippen MR) is 109 cm³/mol. The number of hydrogen-bond acceptors (Lipinski definition) is 6. The molecule has 0 radical (unpaired) electrons. The smallest absolute Gasteiger partial charge is 0.338 e. The van der Waals surface area contributed by atoms with E-state index in [2.05, 4.69) is 6.92 Å². The monoisotopic (exact) mass is 424 g/mol. The largest absolute Gasteiger partial charge is 0.467 e. The van der Waals surface area contributed by atoms with E-state index in [1.165, 1.54) is 24.5 Å². The lowest BCUT2D eigenvalue weighted by Gasteiger charge is -2.31. The van der Waals surface area contributed by atoms with Gasteiger partial charge in [0.05, 0.1) is 29.5 Å². The number of carbonyl (C=O) groups is 4. The third-order valence-corrected chi connectivity index (χ3v) is 5.83. The molecule has 1 aromatic heterocycles. The number of ether oxygens (including phenoxy) is 1. The average Bonchev–Trinajstić information content (AvgIpc) is 3.36. The van der Waals surface area contributed by atoms with Crippen LogP contribution in [0.15, 0.2) is 41.0 Å². The first-order chi connectivity index (χ1) is 14.8. The molecule has 8 heteroatoms. The first-order valence-electron chi connectivity index (χ1n) is 10.4. The molecule has 3 heterocycles. The lowest BCUT2D eigenvalue weighted by molar-refractivity contribution is -0.141. The van der Waals surface area contributed by atoms with E-state index in [1.807, 2.05) is 0 Å². The number of likely N-dealkylation sites (tertiary alicyclic amines) is 1. The Kier molecular flexibility index (Phi) is 5.63. The van der Waals surface area contributed by atoms with Gasteiger partial charge in [0, 0.05) is 13.1 Å². The highest BCUT2D eigenvalue weighted by Crippen LogP contribution is 2.26. The first kappa shape index (κ1) is 20.8. The molecule has 2 aromatic rings. The minimum atomic E-state index is -0.929. The van der Waals surface area contributed by atoms with Crippen molar-refractivity contribution in [2.24, 2.45) is 5.92 Å². The van der Waals surface area contributed by atoms with Crippen molar-refractivity contribution in [3.05, 3.63) is 59.0 Å². The number of imide groups is 1. The molecule has 0 unspecified atom stereocenters. The Morgan fingerprint density at radius 1 is 1.13 bits per heavy atom. The van der Waals surface area contributed by atoms with Gasteiger partial charge >= 0.3 is 5.97 Å². The minimum Gasteiger partial charge on any atom is -0.467 e. The van der Waals surface area contributed by atoms with E-state index < -0.39 is 23.9 Å². The van der Waals surface area contributed by atoms with Gasteiger partial charge in [-0.3, -0.25) is 19.3 Å². The number of benzene rings is 1. The van der Waals surface area contributed by atoms with Gasteiger partial charge in [-0.25, -0.2) is 4.79 Å². The van der Waals surface area contributed by atoms with Crippen molar-refractivity contribution < 1.29 is 28.3 Å². The molecule has 1 aromatic carbocycles. The number of amides is 3. The van der Waals surface area contributed by atoms with Crippen LogP contribution in [0.4, 0.5) is 0 Å². The third kappa shape index (κ3) is 4.10. The Hall–Kier alpha value is -3.42. The summed E-state index contributed by atoms with van der Waals surface area (Å²) in [5.41, 5.74) is 0.473. The average molecular weight is 424 g/mol. The summed E-state index contributed by atoms with van der Waals surface area (Å²) < 4.78 is 10.6. The lowest BCUT2D eigenvalue weighted by Crippen LogP contribution is -2.44. The minimum absolute atomic E-state index is 0.0130. The number of nitrogens with zero attached hydrogens (tertiary/aromatic N) is 2. The van der Waals surface area contributed by atoms with Crippen LogP contribution in [0.5, 0.6) is 0 Å². The first-order valence-corrected chi connectivity index (χ1v) is 10.4. The number of rotatable bonds is 5. The molecule has 0 aliphatic carbocycles. The van der Waals surface area contributed by atoms with E-state index in [4.69, 9.17) is 9.15 Å². The predicted octanol–water partition coefficient (Wildman–Crippen LogP) is 2.88. The molecule has 1 fully saturated rings. The Morgan fingerprint density at radius 3 is 2.52 bits per heavy atom. The molecule has 4 rings (SSSR count). The zero-order chi connectivity index (χ0) is 22.1. The topological polar surface area (TPSA) is 97.1 Å². The van der Waals surface area contributed by atoms with E-state index in [1.54, 1.807) is 24.0 Å². The lowest BCUT2D eigenvalue weighted by atomic mass is 9.99. The maximum atomic E-state index is 12.7. The number of furan rings is 1. The molecule has 1 atom stereocenters. The van der Waals surface area contributed by atoms with Crippen molar-refractivity contribution in [2.75, 3.05) is 13.1 Å². The van der Waals surface area contributed by atoms with Crippen molar-refractivity contribution in [1.82, 2.24) is 9.80 Å². The molecule has 3 amide bonds. The zero-order valence-corrected chi connectivity index (χ0v) is 17.5. The fourth-order valence-corrected chi connectivity index (χ4v) is 3.88. The summed E-state index contributed by atoms with van der Waals surface area (Å²) >= 11 is 0. The molecule has 2 aliphatic rings. The van der Waals surface area contributed by atoms with Crippen molar-refractivity contribution >= 4 is 23.7 Å². The molecule has 31 heavy (non-hydrogen) atoms. The van der Waals surface area contributed by atoms with E-state index in [0.29, 0.717) is 24.8 Å². The van der Waals surface area contributed by atoms with Gasteiger partial charge in [0.25, 0.3) is 17.7 Å². The summed E-state index contributed by atoms with van der Waals surface area (Å²) in [5.74, 6) is -0.817. The van der Waals surface area contributed by atoms with Crippen LogP contribution in [0.2, 0.25) is 0 Å².